The van der Waals surface area contributed by atoms with Crippen molar-refractivity contribution < 1.29 is 8.42 Å². The first-order valence-corrected chi connectivity index (χ1v) is 8.83. The molecule has 0 spiro atoms. The fourth-order valence-electron chi connectivity index (χ4n) is 1.83. The van der Waals surface area contributed by atoms with E-state index in [1.807, 2.05) is 24.3 Å². The maximum Gasteiger partial charge on any atom is 0.301 e. The second-order valence-corrected chi connectivity index (χ2v) is 7.45. The van der Waals surface area contributed by atoms with Crippen molar-refractivity contribution in [2.75, 3.05) is 30.7 Å². The van der Waals surface area contributed by atoms with Crippen molar-refractivity contribution in [2.45, 2.75) is 6.42 Å². The molecule has 0 saturated carbocycles. The van der Waals surface area contributed by atoms with Crippen LogP contribution in [0.4, 0.5) is 11.5 Å². The zero-order valence-corrected chi connectivity index (χ0v) is 14.5. The van der Waals surface area contributed by atoms with Gasteiger partial charge in [-0.3, -0.25) is 4.72 Å². The quantitative estimate of drug-likeness (QED) is 0.801. The van der Waals surface area contributed by atoms with Gasteiger partial charge in [-0.1, -0.05) is 23.7 Å². The van der Waals surface area contributed by atoms with Crippen molar-refractivity contribution in [3.05, 3.63) is 53.2 Å². The Labute approximate surface area is 141 Å². The molecule has 0 saturated heterocycles. The van der Waals surface area contributed by atoms with E-state index in [4.69, 9.17) is 11.6 Å². The van der Waals surface area contributed by atoms with Crippen LogP contribution in [0, 0.1) is 0 Å². The van der Waals surface area contributed by atoms with Crippen molar-refractivity contribution in [3.8, 4) is 0 Å². The summed E-state index contributed by atoms with van der Waals surface area (Å²) in [6, 6.07) is 11.1. The average molecular weight is 355 g/mol. The van der Waals surface area contributed by atoms with Crippen molar-refractivity contribution in [1.82, 2.24) is 9.29 Å². The monoisotopic (exact) mass is 354 g/mol. The molecule has 0 unspecified atom stereocenters. The Kier molecular flexibility index (Phi) is 5.81. The summed E-state index contributed by atoms with van der Waals surface area (Å²) in [6.07, 6.45) is 2.29. The highest BCUT2D eigenvalue weighted by molar-refractivity contribution is 7.90. The summed E-state index contributed by atoms with van der Waals surface area (Å²) in [5, 5.41) is 3.90. The maximum atomic E-state index is 11.7. The van der Waals surface area contributed by atoms with E-state index in [2.05, 4.69) is 15.0 Å². The second kappa shape index (κ2) is 7.63. The molecule has 0 atom stereocenters. The van der Waals surface area contributed by atoms with Gasteiger partial charge in [0, 0.05) is 25.7 Å². The smallest absolute Gasteiger partial charge is 0.301 e. The average Bonchev–Trinajstić information content (AvgIpc) is 2.49. The molecule has 0 radical (unpaired) electrons. The van der Waals surface area contributed by atoms with Crippen LogP contribution in [0.5, 0.6) is 0 Å². The first kappa shape index (κ1) is 17.5. The first-order valence-electron chi connectivity index (χ1n) is 7.01. The normalized spacial score (nSPS) is 11.5. The molecule has 1 aromatic heterocycles. The van der Waals surface area contributed by atoms with E-state index in [-0.39, 0.29) is 0 Å². The molecule has 23 heavy (non-hydrogen) atoms. The van der Waals surface area contributed by atoms with Gasteiger partial charge in [-0.25, -0.2) is 4.98 Å². The molecule has 8 heteroatoms. The van der Waals surface area contributed by atoms with Crippen LogP contribution in [0.15, 0.2) is 42.6 Å². The molecule has 1 aromatic carbocycles. The van der Waals surface area contributed by atoms with E-state index >= 15 is 0 Å². The number of hydrogen-bond donors (Lipinski definition) is 2. The molecular weight excluding hydrogens is 336 g/mol. The minimum absolute atomic E-state index is 0.416. The van der Waals surface area contributed by atoms with E-state index in [1.165, 1.54) is 20.3 Å². The minimum Gasteiger partial charge on any atom is -0.370 e. The third kappa shape index (κ3) is 5.38. The van der Waals surface area contributed by atoms with Gasteiger partial charge in [0.25, 0.3) is 0 Å². The van der Waals surface area contributed by atoms with E-state index in [0.29, 0.717) is 18.1 Å². The Morgan fingerprint density at radius 2 is 2.00 bits per heavy atom. The summed E-state index contributed by atoms with van der Waals surface area (Å²) in [7, 11) is -0.591. The van der Waals surface area contributed by atoms with Gasteiger partial charge < -0.3 is 5.32 Å². The molecule has 2 rings (SSSR count). The third-order valence-corrected chi connectivity index (χ3v) is 4.79. The van der Waals surface area contributed by atoms with Crippen LogP contribution in [0.3, 0.4) is 0 Å². The van der Waals surface area contributed by atoms with Gasteiger partial charge in [-0.2, -0.15) is 12.7 Å². The number of nitrogens with zero attached hydrogens (tertiary/aromatic N) is 2. The Morgan fingerprint density at radius 3 is 2.61 bits per heavy atom. The zero-order valence-electron chi connectivity index (χ0n) is 13.0. The number of pyridine rings is 1. The molecule has 124 valence electrons. The molecular formula is C15H19ClN4O2S. The summed E-state index contributed by atoms with van der Waals surface area (Å²) in [6.45, 7) is 0.704. The summed E-state index contributed by atoms with van der Waals surface area (Å²) < 4.78 is 26.9. The van der Waals surface area contributed by atoms with Crippen molar-refractivity contribution in [1.29, 1.82) is 0 Å². The highest BCUT2D eigenvalue weighted by Gasteiger charge is 2.12. The molecule has 2 N–H and O–H groups in total. The number of hydrogen-bond acceptors (Lipinski definition) is 4. The third-order valence-electron chi connectivity index (χ3n) is 3.10. The second-order valence-electron chi connectivity index (χ2n) is 5.13. The van der Waals surface area contributed by atoms with Gasteiger partial charge in [0.15, 0.2) is 0 Å². The lowest BCUT2D eigenvalue weighted by molar-refractivity contribution is 0.527. The predicted molar refractivity (Wildman–Crippen MR) is 94.1 cm³/mol. The number of benzene rings is 1. The molecule has 0 aliphatic carbocycles. The fourth-order valence-corrected chi connectivity index (χ4v) is 2.64. The molecule has 0 bridgehead atoms. The highest BCUT2D eigenvalue weighted by Crippen LogP contribution is 2.13. The van der Waals surface area contributed by atoms with Gasteiger partial charge in [0.2, 0.25) is 0 Å². The molecule has 2 aromatic rings. The molecule has 0 aliphatic heterocycles. The van der Waals surface area contributed by atoms with Gasteiger partial charge in [-0.15, -0.1) is 0 Å². The van der Waals surface area contributed by atoms with Crippen LogP contribution < -0.4 is 10.0 Å². The van der Waals surface area contributed by atoms with E-state index in [0.717, 1.165) is 21.3 Å². The van der Waals surface area contributed by atoms with E-state index < -0.39 is 10.2 Å². The predicted octanol–water partition coefficient (Wildman–Crippen LogP) is 2.61. The largest absolute Gasteiger partial charge is 0.370 e. The summed E-state index contributed by atoms with van der Waals surface area (Å²) >= 11 is 5.94. The lowest BCUT2D eigenvalue weighted by Crippen LogP contribution is -2.28. The highest BCUT2D eigenvalue weighted by atomic mass is 35.5. The summed E-state index contributed by atoms with van der Waals surface area (Å²) in [5.74, 6) is 0.680. The van der Waals surface area contributed by atoms with Crippen molar-refractivity contribution in [3.63, 3.8) is 0 Å². The van der Waals surface area contributed by atoms with Gasteiger partial charge in [-0.05, 0) is 36.2 Å². The Hall–Kier alpha value is -1.83. The summed E-state index contributed by atoms with van der Waals surface area (Å²) in [4.78, 5) is 4.19. The Balaban J connectivity index is 1.88. The molecule has 0 fully saturated rings. The molecule has 0 amide bonds. The first-order chi connectivity index (χ1) is 10.9. The molecule has 0 aliphatic rings. The number of anilines is 2. The van der Waals surface area contributed by atoms with Gasteiger partial charge in [0.05, 0.1) is 11.9 Å². The standard InChI is InChI=1S/C15H19ClN4O2S/c1-20(2)23(21,22)19-14-6-7-15(18-11-14)17-9-8-12-4-3-5-13(16)10-12/h3-7,10-11,19H,8-9H2,1-2H3,(H,17,18). The minimum atomic E-state index is -3.51. The van der Waals surface area contributed by atoms with Crippen LogP contribution in [0.25, 0.3) is 0 Å². The SMILES string of the molecule is CN(C)S(=O)(=O)Nc1ccc(NCCc2cccc(Cl)c2)nc1. The van der Waals surface area contributed by atoms with E-state index in [1.54, 1.807) is 12.1 Å². The summed E-state index contributed by atoms with van der Waals surface area (Å²) in [5.41, 5.74) is 1.56. The van der Waals surface area contributed by atoms with E-state index in [9.17, 15) is 8.42 Å². The topological polar surface area (TPSA) is 74.3 Å². The van der Waals surface area contributed by atoms with Gasteiger partial charge >= 0.3 is 10.2 Å². The lowest BCUT2D eigenvalue weighted by atomic mass is 10.1. The molecule has 6 nitrogen and oxygen atoms in total. The fraction of sp³-hybridized carbons (Fsp3) is 0.267. The Morgan fingerprint density at radius 1 is 1.22 bits per heavy atom. The zero-order chi connectivity index (χ0) is 16.9. The number of rotatable bonds is 7. The maximum absolute atomic E-state index is 11.7. The van der Waals surface area contributed by atoms with Crippen LogP contribution in [-0.4, -0.2) is 38.3 Å². The van der Waals surface area contributed by atoms with Gasteiger partial charge in [0.1, 0.15) is 5.82 Å². The Bertz CT molecular complexity index is 748. The number of aromatic nitrogens is 1. The van der Waals surface area contributed by atoms with Crippen LogP contribution in [-0.2, 0) is 16.6 Å². The number of halogens is 1. The molecule has 1 heterocycles. The van der Waals surface area contributed by atoms with Crippen molar-refractivity contribution >= 4 is 33.3 Å². The van der Waals surface area contributed by atoms with Crippen LogP contribution >= 0.6 is 11.6 Å². The van der Waals surface area contributed by atoms with Crippen molar-refractivity contribution in [2.24, 2.45) is 0 Å². The number of nitrogens with one attached hydrogen (secondary N) is 2. The van der Waals surface area contributed by atoms with Crippen LogP contribution in [0.1, 0.15) is 5.56 Å². The van der Waals surface area contributed by atoms with Crippen LogP contribution in [0.2, 0.25) is 5.02 Å². The lowest BCUT2D eigenvalue weighted by Gasteiger charge is -2.13.